The molecule has 0 saturated carbocycles. The maximum atomic E-state index is 13.7. The van der Waals surface area contributed by atoms with Crippen molar-refractivity contribution >= 4 is 23.7 Å². The number of carbonyl (C=O) groups excluding carboxylic acids is 3. The molecule has 0 spiro atoms. The van der Waals surface area contributed by atoms with Crippen molar-refractivity contribution in [2.24, 2.45) is 0 Å². The Bertz CT molecular complexity index is 1440. The summed E-state index contributed by atoms with van der Waals surface area (Å²) in [6, 6.07) is 12.4. The lowest BCUT2D eigenvalue weighted by molar-refractivity contribution is -0.121. The number of aromatic hydroxyl groups is 1. The Hall–Kier alpha value is -4.47. The van der Waals surface area contributed by atoms with Gasteiger partial charge in [0, 0.05) is 42.0 Å². The Kier molecular flexibility index (Phi) is 8.23. The van der Waals surface area contributed by atoms with Gasteiger partial charge in [0.25, 0.3) is 11.8 Å². The Labute approximate surface area is 233 Å². The zero-order chi connectivity index (χ0) is 28.1. The molecule has 0 fully saturated rings. The van der Waals surface area contributed by atoms with Gasteiger partial charge in [-0.2, -0.15) is 0 Å². The van der Waals surface area contributed by atoms with Gasteiger partial charge < -0.3 is 26.4 Å². The second-order valence-electron chi connectivity index (χ2n) is 10.3. The summed E-state index contributed by atoms with van der Waals surface area (Å²) < 4.78 is 0. The molecule has 1 aromatic heterocycles. The molecule has 3 amide bonds. The van der Waals surface area contributed by atoms with Gasteiger partial charge in [-0.1, -0.05) is 18.2 Å². The van der Waals surface area contributed by atoms with Gasteiger partial charge in [0.05, 0.1) is 6.54 Å². The van der Waals surface area contributed by atoms with Gasteiger partial charge in [0.1, 0.15) is 11.4 Å². The molecular formula is C30H34N6O4. The number of amides is 3. The van der Waals surface area contributed by atoms with Crippen LogP contribution >= 0.6 is 0 Å². The fourth-order valence-corrected chi connectivity index (χ4v) is 5.30. The van der Waals surface area contributed by atoms with E-state index < -0.39 is 0 Å². The van der Waals surface area contributed by atoms with E-state index in [9.17, 15) is 19.5 Å². The topological polar surface area (TPSA) is 151 Å². The number of fused-ring (bicyclic) bond motifs is 6. The lowest BCUT2D eigenvalue weighted by Crippen LogP contribution is -2.42. The SMILES string of the molecule is Nc1nc2c(c(C(=O)N3CCCCNC(=O)c4cccc(c4)-c4cc(ccc4O)CCNC(=O)C3)n1)CCCC2. The predicted octanol–water partition coefficient (Wildman–Crippen LogP) is 2.63. The first-order valence-corrected chi connectivity index (χ1v) is 13.8. The molecule has 0 radical (unpaired) electrons. The third kappa shape index (κ3) is 6.22. The summed E-state index contributed by atoms with van der Waals surface area (Å²) in [5, 5.41) is 16.3. The minimum absolute atomic E-state index is 0.0647. The van der Waals surface area contributed by atoms with Crippen LogP contribution in [0.25, 0.3) is 11.1 Å². The van der Waals surface area contributed by atoms with E-state index in [1.54, 1.807) is 30.3 Å². The number of benzene rings is 2. The molecule has 10 nitrogen and oxygen atoms in total. The first-order chi connectivity index (χ1) is 19.4. The Morgan fingerprint density at radius 2 is 1.73 bits per heavy atom. The molecule has 0 saturated heterocycles. The number of nitrogens with two attached hydrogens (primary N) is 1. The van der Waals surface area contributed by atoms with Crippen molar-refractivity contribution in [3.8, 4) is 16.9 Å². The quantitative estimate of drug-likeness (QED) is 0.369. The van der Waals surface area contributed by atoms with Crippen molar-refractivity contribution in [2.75, 3.05) is 31.9 Å². The van der Waals surface area contributed by atoms with Crippen LogP contribution in [-0.4, -0.2) is 63.9 Å². The van der Waals surface area contributed by atoms with Gasteiger partial charge in [0.15, 0.2) is 0 Å². The largest absolute Gasteiger partial charge is 0.507 e. The van der Waals surface area contributed by atoms with Gasteiger partial charge in [-0.3, -0.25) is 14.4 Å². The molecule has 40 heavy (non-hydrogen) atoms. The standard InChI is InChI=1S/C30H34N6O4/c31-30-34-24-9-2-1-8-22(24)27(35-30)29(40)36-15-4-3-13-33-28(39)21-7-5-6-20(17-21)23-16-19(10-11-25(23)37)12-14-32-26(38)18-36/h5-7,10-11,16-17,37H,1-4,8-9,12-15,18H2,(H,32,38)(H,33,39)(H2,31,34,35). The number of phenolic OH excluding ortho intramolecular Hbond substituents is 1. The van der Waals surface area contributed by atoms with Crippen LogP contribution in [-0.2, 0) is 24.1 Å². The van der Waals surface area contributed by atoms with Crippen molar-refractivity contribution in [1.82, 2.24) is 25.5 Å². The smallest absolute Gasteiger partial charge is 0.273 e. The van der Waals surface area contributed by atoms with E-state index in [4.69, 9.17) is 5.73 Å². The number of anilines is 1. The Balaban J connectivity index is 1.38. The zero-order valence-corrected chi connectivity index (χ0v) is 22.4. The predicted molar refractivity (Wildman–Crippen MR) is 151 cm³/mol. The zero-order valence-electron chi connectivity index (χ0n) is 22.4. The number of aryl methyl sites for hydroxylation is 1. The van der Waals surface area contributed by atoms with Gasteiger partial charge in [-0.05, 0) is 80.3 Å². The fraction of sp³-hybridized carbons (Fsp3) is 0.367. The van der Waals surface area contributed by atoms with Crippen molar-refractivity contribution in [1.29, 1.82) is 0 Å². The van der Waals surface area contributed by atoms with Crippen LogP contribution in [0.15, 0.2) is 42.5 Å². The van der Waals surface area contributed by atoms with Gasteiger partial charge in [-0.25, -0.2) is 9.97 Å². The second-order valence-corrected chi connectivity index (χ2v) is 10.3. The average molecular weight is 543 g/mol. The Morgan fingerprint density at radius 3 is 2.60 bits per heavy atom. The molecule has 2 heterocycles. The molecular weight excluding hydrogens is 508 g/mol. The highest BCUT2D eigenvalue weighted by Gasteiger charge is 2.26. The van der Waals surface area contributed by atoms with Gasteiger partial charge in [0.2, 0.25) is 11.9 Å². The van der Waals surface area contributed by atoms with Crippen LogP contribution < -0.4 is 16.4 Å². The van der Waals surface area contributed by atoms with E-state index in [-0.39, 0.29) is 41.7 Å². The Morgan fingerprint density at radius 1 is 0.900 bits per heavy atom. The molecule has 208 valence electrons. The maximum absolute atomic E-state index is 13.7. The van der Waals surface area contributed by atoms with Gasteiger partial charge >= 0.3 is 0 Å². The minimum Gasteiger partial charge on any atom is -0.507 e. The summed E-state index contributed by atoms with van der Waals surface area (Å²) in [7, 11) is 0. The maximum Gasteiger partial charge on any atom is 0.273 e. The fourth-order valence-electron chi connectivity index (χ4n) is 5.30. The molecule has 5 N–H and O–H groups in total. The van der Waals surface area contributed by atoms with Crippen molar-refractivity contribution in [3.05, 3.63) is 70.5 Å². The summed E-state index contributed by atoms with van der Waals surface area (Å²) in [4.78, 5) is 49.6. The third-order valence-corrected chi connectivity index (χ3v) is 7.40. The highest BCUT2D eigenvalue weighted by molar-refractivity contribution is 5.97. The number of rotatable bonds is 1. The number of carbonyl (C=O) groups is 3. The summed E-state index contributed by atoms with van der Waals surface area (Å²) in [5.41, 5.74) is 10.6. The molecule has 0 atom stereocenters. The number of hydrogen-bond donors (Lipinski definition) is 4. The molecule has 3 aromatic rings. The number of nitrogens with one attached hydrogen (secondary N) is 2. The molecule has 0 unspecified atom stereocenters. The molecule has 4 bridgehead atoms. The molecule has 1 aliphatic heterocycles. The average Bonchev–Trinajstić information content (AvgIpc) is 2.96. The van der Waals surface area contributed by atoms with E-state index in [2.05, 4.69) is 20.6 Å². The number of hydrogen-bond acceptors (Lipinski definition) is 7. The van der Waals surface area contributed by atoms with E-state index >= 15 is 0 Å². The molecule has 5 rings (SSSR count). The van der Waals surface area contributed by atoms with E-state index in [0.29, 0.717) is 56.4 Å². The van der Waals surface area contributed by atoms with Crippen LogP contribution in [0, 0.1) is 0 Å². The van der Waals surface area contributed by atoms with Crippen LogP contribution in [0.5, 0.6) is 5.75 Å². The molecule has 1 aliphatic carbocycles. The van der Waals surface area contributed by atoms with E-state index in [1.165, 1.54) is 4.90 Å². The van der Waals surface area contributed by atoms with Crippen LogP contribution in [0.4, 0.5) is 5.95 Å². The summed E-state index contributed by atoms with van der Waals surface area (Å²) >= 11 is 0. The minimum atomic E-state index is -0.333. The lowest BCUT2D eigenvalue weighted by atomic mass is 9.94. The van der Waals surface area contributed by atoms with Crippen molar-refractivity contribution < 1.29 is 19.5 Å². The number of phenols is 1. The molecule has 2 aromatic carbocycles. The molecule has 10 heteroatoms. The van der Waals surface area contributed by atoms with Crippen molar-refractivity contribution in [2.45, 2.75) is 44.9 Å². The monoisotopic (exact) mass is 542 g/mol. The van der Waals surface area contributed by atoms with E-state index in [0.717, 1.165) is 41.6 Å². The molecule has 2 aliphatic rings. The van der Waals surface area contributed by atoms with Crippen LogP contribution in [0.3, 0.4) is 0 Å². The third-order valence-electron chi connectivity index (χ3n) is 7.40. The van der Waals surface area contributed by atoms with Crippen LogP contribution in [0.2, 0.25) is 0 Å². The van der Waals surface area contributed by atoms with E-state index in [1.807, 2.05) is 12.1 Å². The summed E-state index contributed by atoms with van der Waals surface area (Å²) in [6.07, 6.45) is 5.13. The first kappa shape index (κ1) is 27.1. The summed E-state index contributed by atoms with van der Waals surface area (Å²) in [6.45, 7) is 0.990. The first-order valence-electron chi connectivity index (χ1n) is 13.8. The van der Waals surface area contributed by atoms with Crippen molar-refractivity contribution in [3.63, 3.8) is 0 Å². The van der Waals surface area contributed by atoms with Gasteiger partial charge in [-0.15, -0.1) is 0 Å². The second kappa shape index (κ2) is 12.1. The van der Waals surface area contributed by atoms with Crippen LogP contribution in [0.1, 0.15) is 63.4 Å². The number of nitrogen functional groups attached to an aromatic ring is 1. The normalized spacial score (nSPS) is 16.6. The highest BCUT2D eigenvalue weighted by Crippen LogP contribution is 2.31. The number of aromatic nitrogens is 2. The lowest BCUT2D eigenvalue weighted by Gasteiger charge is -2.25. The summed E-state index contributed by atoms with van der Waals surface area (Å²) in [5.74, 6) is -0.642. The number of nitrogens with zero attached hydrogens (tertiary/aromatic N) is 3. The highest BCUT2D eigenvalue weighted by atomic mass is 16.3.